The van der Waals surface area contributed by atoms with Crippen LogP contribution in [0.15, 0.2) is 127 Å². The number of carbonyl (C=O) groups excluding carboxylic acids is 12. The minimum Gasteiger partial charge on any atom is -0.462 e. The molecule has 0 radical (unpaired) electrons. The van der Waals surface area contributed by atoms with Gasteiger partial charge in [0.05, 0.1) is 48.1 Å². The molecule has 426 valence electrons. The van der Waals surface area contributed by atoms with Gasteiger partial charge < -0.3 is 66.3 Å². The van der Waals surface area contributed by atoms with Crippen LogP contribution in [0, 0.1) is 21.7 Å². The van der Waals surface area contributed by atoms with Gasteiger partial charge in [0.15, 0.2) is 0 Å². The number of esters is 12. The number of hydrogen-bond donors (Lipinski definition) is 0. The van der Waals surface area contributed by atoms with Gasteiger partial charge in [0.1, 0.15) is 79.3 Å². The van der Waals surface area contributed by atoms with Crippen molar-refractivity contribution < 1.29 is 124 Å². The number of carbonyl (C=O) groups is 12. The highest BCUT2D eigenvalue weighted by molar-refractivity contribution is 6.29. The van der Waals surface area contributed by atoms with E-state index >= 15 is 0 Å². The first-order chi connectivity index (χ1) is 37.0. The zero-order valence-corrected chi connectivity index (χ0v) is 42.8. The Morgan fingerprint density at radius 1 is 0.205 bits per heavy atom. The number of hydrogen-bond acceptors (Lipinski definition) is 26. The molecule has 0 aromatic carbocycles. The smallest absolute Gasteiger partial charge is 0.417 e. The van der Waals surface area contributed by atoms with Crippen molar-refractivity contribution in [1.82, 2.24) is 0 Å². The third-order valence-corrected chi connectivity index (χ3v) is 9.69. The molecule has 0 saturated carbocycles. The molecule has 0 heterocycles. The van der Waals surface area contributed by atoms with Crippen molar-refractivity contribution in [2.45, 2.75) is 0 Å². The lowest BCUT2D eigenvalue weighted by molar-refractivity contribution is -0.185. The predicted molar refractivity (Wildman–Crippen MR) is 265 cm³/mol. The third-order valence-electron chi connectivity index (χ3n) is 9.69. The number of rotatable bonds is 42. The topological polar surface area (TPSA) is 334 Å². The molecular weight excluding hydrogens is 1040 g/mol. The van der Waals surface area contributed by atoms with E-state index in [4.69, 9.17) is 66.3 Å². The maximum absolute atomic E-state index is 13.6. The fourth-order valence-electron chi connectivity index (χ4n) is 5.35. The maximum atomic E-state index is 13.6. The molecule has 0 aliphatic heterocycles. The van der Waals surface area contributed by atoms with E-state index in [0.29, 0.717) is 0 Å². The minimum absolute atomic E-state index is 0.674. The average molecular weight is 1100 g/mol. The van der Waals surface area contributed by atoms with E-state index in [-0.39, 0.29) is 0 Å². The highest BCUT2D eigenvalue weighted by atomic mass is 16.6. The quantitative estimate of drug-likeness (QED) is 0.0360. The van der Waals surface area contributed by atoms with Gasteiger partial charge in [-0.2, -0.15) is 0 Å². The Labute approximate surface area is 448 Å². The van der Waals surface area contributed by atoms with Crippen LogP contribution in [0.4, 0.5) is 0 Å². The first kappa shape index (κ1) is 69.0. The molecule has 0 saturated heterocycles. The van der Waals surface area contributed by atoms with Crippen LogP contribution in [0.2, 0.25) is 0 Å². The monoisotopic (exact) mass is 1100 g/mol. The van der Waals surface area contributed by atoms with Crippen molar-refractivity contribution in [3.63, 3.8) is 0 Å². The molecule has 0 amide bonds. The molecule has 0 spiro atoms. The summed E-state index contributed by atoms with van der Waals surface area (Å²) in [6.07, 6.45) is 7.76. The summed E-state index contributed by atoms with van der Waals surface area (Å²) in [5.41, 5.74) is -7.47. The summed E-state index contributed by atoms with van der Waals surface area (Å²) < 4.78 is 74.7. The van der Waals surface area contributed by atoms with Gasteiger partial charge in [-0.05, 0) is 0 Å². The Morgan fingerprint density at radius 3 is 0.436 bits per heavy atom. The van der Waals surface area contributed by atoms with E-state index in [0.717, 1.165) is 60.8 Å². The zero-order chi connectivity index (χ0) is 59.2. The molecule has 78 heavy (non-hydrogen) atoms. The Hall–Kier alpha value is -9.04. The highest BCUT2D eigenvalue weighted by Gasteiger charge is 2.43. The van der Waals surface area contributed by atoms with Crippen molar-refractivity contribution >= 4 is 71.6 Å². The fraction of sp³-hybridized carbons (Fsp3) is 0.385. The summed E-state index contributed by atoms with van der Waals surface area (Å²) in [5.74, 6) is -13.6. The van der Waals surface area contributed by atoms with Crippen LogP contribution >= 0.6 is 0 Å². The Bertz CT molecular complexity index is 1950. The first-order valence-corrected chi connectivity index (χ1v) is 22.4. The Balaban J connectivity index is 7.36. The van der Waals surface area contributed by atoms with Crippen molar-refractivity contribution in [3.8, 4) is 0 Å². The summed E-state index contributed by atoms with van der Waals surface area (Å²) >= 11 is 0. The number of ether oxygens (including phenoxy) is 14. The zero-order valence-electron chi connectivity index (χ0n) is 42.8. The lowest BCUT2D eigenvalue weighted by Gasteiger charge is -2.35. The highest BCUT2D eigenvalue weighted by Crippen LogP contribution is 2.28. The second-order valence-corrected chi connectivity index (χ2v) is 16.3. The summed E-state index contributed by atoms with van der Waals surface area (Å²) in [6.45, 7) is 20.8. The van der Waals surface area contributed by atoms with E-state index in [1.54, 1.807) is 0 Å². The van der Waals surface area contributed by atoms with Gasteiger partial charge >= 0.3 is 71.6 Å². The third kappa shape index (κ3) is 27.5. The van der Waals surface area contributed by atoms with E-state index < -0.39 is 199 Å². The van der Waals surface area contributed by atoms with Crippen LogP contribution in [0.3, 0.4) is 0 Å². The predicted octanol–water partition coefficient (Wildman–Crippen LogP) is 1.34. The van der Waals surface area contributed by atoms with Crippen LogP contribution in [-0.2, 0) is 124 Å². The fourth-order valence-corrected chi connectivity index (χ4v) is 5.35. The van der Waals surface area contributed by atoms with Gasteiger partial charge in [0.25, 0.3) is 0 Å². The van der Waals surface area contributed by atoms with Gasteiger partial charge in [-0.25, -0.2) is 57.5 Å². The molecule has 0 rings (SSSR count). The van der Waals surface area contributed by atoms with E-state index in [1.165, 1.54) is 0 Å². The Morgan fingerprint density at radius 2 is 0.321 bits per heavy atom. The largest absolute Gasteiger partial charge is 0.462 e. The first-order valence-electron chi connectivity index (χ1n) is 22.4. The lowest BCUT2D eigenvalue weighted by Crippen LogP contribution is -2.48. The van der Waals surface area contributed by atoms with Crippen molar-refractivity contribution in [2.24, 2.45) is 21.7 Å². The van der Waals surface area contributed by atoms with Crippen LogP contribution < -0.4 is 0 Å². The van der Waals surface area contributed by atoms with Crippen LogP contribution in [0.1, 0.15) is 0 Å². The molecule has 0 atom stereocenters. The van der Waals surface area contributed by atoms with Crippen molar-refractivity contribution in [3.05, 3.63) is 127 Å². The van der Waals surface area contributed by atoms with Gasteiger partial charge in [-0.15, -0.1) is 0 Å². The van der Waals surface area contributed by atoms with Crippen LogP contribution in [-0.4, -0.2) is 177 Å². The van der Waals surface area contributed by atoms with E-state index in [2.05, 4.69) is 65.8 Å². The van der Waals surface area contributed by atoms with Gasteiger partial charge in [0, 0.05) is 60.8 Å². The average Bonchev–Trinajstić information content (AvgIpc) is 3.46. The van der Waals surface area contributed by atoms with E-state index in [9.17, 15) is 57.5 Å². The molecule has 0 aliphatic carbocycles. The summed E-state index contributed by atoms with van der Waals surface area (Å²) in [5, 5.41) is 0. The van der Waals surface area contributed by atoms with Crippen molar-refractivity contribution in [2.75, 3.05) is 106 Å². The maximum Gasteiger partial charge on any atom is 0.417 e. The second-order valence-electron chi connectivity index (χ2n) is 16.3. The molecule has 26 heteroatoms. The van der Waals surface area contributed by atoms with Crippen LogP contribution in [0.5, 0.6) is 0 Å². The van der Waals surface area contributed by atoms with Crippen molar-refractivity contribution in [1.29, 1.82) is 0 Å². The molecule has 0 bridgehead atoms. The standard InChI is InChI=1S/C52H62O26/c1-11-37(53)67-25-49(26-68-38(54)12-2,27-69-39(55)13-3)21-65-23-51(31-73-43(59)17-7,32-74-44(60)18-8)35-77-47(63)48(64)78-36-52(33-75-45(61)19-9,34-76-46(62)20-10)24-66-22-50(28-70-40(56)14-4,29-71-41(57)15-5)30-72-42(58)16-6/h11-20H,1-10,21-36H2. The molecule has 0 N–H and O–H groups in total. The normalized spacial score (nSPS) is 10.8. The van der Waals surface area contributed by atoms with Gasteiger partial charge in [-0.1, -0.05) is 65.8 Å². The molecular formula is C52H62O26. The summed E-state index contributed by atoms with van der Waals surface area (Å²) in [4.78, 5) is 150. The Kier molecular flexibility index (Phi) is 32.6. The SMILES string of the molecule is C=CC(=O)OCC(COCC(COC(=O)C=C)(COC(=O)C=C)COC(=O)C(=O)OCC(COCC(COC(=O)C=C)(COC(=O)C=C)COC(=O)C=C)(COC(=O)C=C)COC(=O)C=C)(COC(=O)C=C)COC(=O)C=C. The van der Waals surface area contributed by atoms with E-state index in [1.807, 2.05) is 0 Å². The molecule has 0 unspecified atom stereocenters. The molecule has 0 aliphatic rings. The summed E-state index contributed by atoms with van der Waals surface area (Å²) in [6, 6.07) is 0. The van der Waals surface area contributed by atoms with Gasteiger partial charge in [0.2, 0.25) is 0 Å². The minimum atomic E-state index is -1.99. The van der Waals surface area contributed by atoms with Crippen LogP contribution in [0.25, 0.3) is 0 Å². The second kappa shape index (κ2) is 36.8. The molecule has 26 nitrogen and oxygen atoms in total. The lowest BCUT2D eigenvalue weighted by atomic mass is 9.90. The molecule has 0 aromatic rings. The molecule has 0 fully saturated rings. The molecule has 0 aromatic heterocycles. The summed E-state index contributed by atoms with van der Waals surface area (Å²) in [7, 11) is 0. The van der Waals surface area contributed by atoms with Gasteiger partial charge in [-0.3, -0.25) is 0 Å².